The van der Waals surface area contributed by atoms with Crippen LogP contribution in [0.5, 0.6) is 0 Å². The highest BCUT2D eigenvalue weighted by Crippen LogP contribution is 2.35. The highest BCUT2D eigenvalue weighted by Gasteiger charge is 2.32. The Morgan fingerprint density at radius 2 is 2.12 bits per heavy atom. The molecule has 26 heavy (non-hydrogen) atoms. The van der Waals surface area contributed by atoms with Crippen LogP contribution in [0.1, 0.15) is 23.9 Å². The molecule has 3 heterocycles. The molecule has 0 saturated carbocycles. The molecule has 1 saturated heterocycles. The van der Waals surface area contributed by atoms with Crippen molar-refractivity contribution >= 4 is 29.3 Å². The van der Waals surface area contributed by atoms with Crippen molar-refractivity contribution in [1.82, 2.24) is 14.7 Å². The van der Waals surface area contributed by atoms with Gasteiger partial charge in [-0.1, -0.05) is 12.1 Å². The maximum absolute atomic E-state index is 12.8. The van der Waals surface area contributed by atoms with Crippen molar-refractivity contribution < 1.29 is 9.59 Å². The summed E-state index contributed by atoms with van der Waals surface area (Å²) in [6.45, 7) is 5.50. The van der Waals surface area contributed by atoms with E-state index in [1.807, 2.05) is 47.7 Å². The number of hydrogen-bond acceptors (Lipinski definition) is 4. The summed E-state index contributed by atoms with van der Waals surface area (Å²) in [5.74, 6) is 0.388. The van der Waals surface area contributed by atoms with Gasteiger partial charge < -0.3 is 9.80 Å². The minimum Gasteiger partial charge on any atom is -0.339 e. The summed E-state index contributed by atoms with van der Waals surface area (Å²) >= 11 is 1.53. The molecule has 0 spiro atoms. The zero-order valence-electron chi connectivity index (χ0n) is 15.0. The third-order valence-corrected chi connectivity index (χ3v) is 6.06. The average Bonchev–Trinajstić information content (AvgIpc) is 3.23. The Morgan fingerprint density at radius 3 is 2.88 bits per heavy atom. The van der Waals surface area contributed by atoms with Crippen LogP contribution >= 0.6 is 11.8 Å². The molecule has 1 aromatic heterocycles. The molecule has 0 bridgehead atoms. The van der Waals surface area contributed by atoms with Crippen molar-refractivity contribution in [3.63, 3.8) is 0 Å². The molecule has 0 radical (unpaired) electrons. The Morgan fingerprint density at radius 1 is 1.31 bits per heavy atom. The maximum Gasteiger partial charge on any atom is 0.242 e. The van der Waals surface area contributed by atoms with Crippen molar-refractivity contribution in [1.29, 1.82) is 0 Å². The van der Waals surface area contributed by atoms with E-state index in [1.54, 1.807) is 4.90 Å². The molecule has 0 N–H and O–H groups in total. The molecular weight excluding hydrogens is 348 g/mol. The van der Waals surface area contributed by atoms with E-state index < -0.39 is 0 Å². The number of aryl methyl sites for hydroxylation is 2. The quantitative estimate of drug-likeness (QED) is 0.833. The van der Waals surface area contributed by atoms with Gasteiger partial charge in [-0.2, -0.15) is 5.10 Å². The van der Waals surface area contributed by atoms with Gasteiger partial charge in [0, 0.05) is 23.7 Å². The fourth-order valence-corrected chi connectivity index (χ4v) is 4.68. The van der Waals surface area contributed by atoms with Gasteiger partial charge in [0.2, 0.25) is 11.8 Å². The number of nitrogens with zero attached hydrogens (tertiary/aromatic N) is 4. The second kappa shape index (κ2) is 6.79. The van der Waals surface area contributed by atoms with Crippen molar-refractivity contribution in [2.24, 2.45) is 0 Å². The van der Waals surface area contributed by atoms with Gasteiger partial charge in [-0.25, -0.2) is 0 Å². The summed E-state index contributed by atoms with van der Waals surface area (Å²) in [6.07, 6.45) is 0.897. The lowest BCUT2D eigenvalue weighted by Crippen LogP contribution is -2.44. The summed E-state index contributed by atoms with van der Waals surface area (Å²) in [4.78, 5) is 29.7. The molecule has 2 aromatic rings. The SMILES string of the molecule is Cc1cc(C)n([C@@H]2CCN(C(=O)CN3C(=O)CSc4ccccc43)C2)n1. The molecule has 2 aliphatic heterocycles. The Balaban J connectivity index is 1.46. The average molecular weight is 370 g/mol. The highest BCUT2D eigenvalue weighted by molar-refractivity contribution is 8.00. The first-order valence-electron chi connectivity index (χ1n) is 8.85. The number of rotatable bonds is 3. The Kier molecular flexibility index (Phi) is 4.48. The van der Waals surface area contributed by atoms with Gasteiger partial charge in [0.25, 0.3) is 0 Å². The number of thioether (sulfide) groups is 1. The molecule has 0 aliphatic carbocycles. The van der Waals surface area contributed by atoms with Gasteiger partial charge in [-0.15, -0.1) is 11.8 Å². The van der Waals surface area contributed by atoms with Crippen molar-refractivity contribution in [3.8, 4) is 0 Å². The van der Waals surface area contributed by atoms with Crippen LogP contribution in [0.2, 0.25) is 0 Å². The van der Waals surface area contributed by atoms with E-state index in [4.69, 9.17) is 0 Å². The topological polar surface area (TPSA) is 58.4 Å². The number of likely N-dealkylation sites (tertiary alicyclic amines) is 1. The van der Waals surface area contributed by atoms with Gasteiger partial charge in [0.05, 0.1) is 23.2 Å². The molecular formula is C19H22N4O2S. The fraction of sp³-hybridized carbons (Fsp3) is 0.421. The van der Waals surface area contributed by atoms with E-state index in [1.165, 1.54) is 11.8 Å². The first-order chi connectivity index (χ1) is 12.5. The lowest BCUT2D eigenvalue weighted by molar-refractivity contribution is -0.130. The number of anilines is 1. The zero-order chi connectivity index (χ0) is 18.3. The highest BCUT2D eigenvalue weighted by atomic mass is 32.2. The Bertz CT molecular complexity index is 863. The largest absolute Gasteiger partial charge is 0.339 e. The van der Waals surface area contributed by atoms with Crippen LogP contribution in [0.3, 0.4) is 0 Å². The van der Waals surface area contributed by atoms with E-state index in [0.717, 1.165) is 28.4 Å². The third kappa shape index (κ3) is 3.11. The van der Waals surface area contributed by atoms with Crippen LogP contribution in [0.25, 0.3) is 0 Å². The van der Waals surface area contributed by atoms with Crippen LogP contribution in [0.4, 0.5) is 5.69 Å². The molecule has 2 aliphatic rings. The van der Waals surface area contributed by atoms with Crippen molar-refractivity contribution in [2.45, 2.75) is 31.2 Å². The number of fused-ring (bicyclic) bond motifs is 1. The lowest BCUT2D eigenvalue weighted by atomic mass is 10.2. The van der Waals surface area contributed by atoms with E-state index in [0.29, 0.717) is 18.8 Å². The van der Waals surface area contributed by atoms with Crippen LogP contribution in [0.15, 0.2) is 35.2 Å². The maximum atomic E-state index is 12.8. The molecule has 4 rings (SSSR count). The standard InChI is InChI=1S/C19H22N4O2S/c1-13-9-14(2)23(20-13)15-7-8-21(10-15)18(24)11-22-16-5-3-4-6-17(16)26-12-19(22)25/h3-6,9,15H,7-8,10-12H2,1-2H3/t15-/m1/s1. The van der Waals surface area contributed by atoms with E-state index >= 15 is 0 Å². The summed E-state index contributed by atoms with van der Waals surface area (Å²) < 4.78 is 2.03. The minimum atomic E-state index is -0.00339. The second-order valence-corrected chi connectivity index (χ2v) is 7.91. The van der Waals surface area contributed by atoms with E-state index in [2.05, 4.69) is 11.2 Å². The monoisotopic (exact) mass is 370 g/mol. The molecule has 136 valence electrons. The summed E-state index contributed by atoms with van der Waals surface area (Å²) in [7, 11) is 0. The van der Waals surface area contributed by atoms with Gasteiger partial charge in [-0.3, -0.25) is 14.3 Å². The van der Waals surface area contributed by atoms with Crippen LogP contribution in [-0.2, 0) is 9.59 Å². The fourth-order valence-electron chi connectivity index (χ4n) is 3.75. The summed E-state index contributed by atoms with van der Waals surface area (Å²) in [5.41, 5.74) is 2.97. The molecule has 7 heteroatoms. The van der Waals surface area contributed by atoms with Gasteiger partial charge in [-0.05, 0) is 38.5 Å². The predicted octanol–water partition coefficient (Wildman–Crippen LogP) is 2.41. The molecule has 1 atom stereocenters. The van der Waals surface area contributed by atoms with Crippen LogP contribution < -0.4 is 4.90 Å². The molecule has 2 amide bonds. The summed E-state index contributed by atoms with van der Waals surface area (Å²) in [5, 5.41) is 4.55. The van der Waals surface area contributed by atoms with Crippen molar-refractivity contribution in [3.05, 3.63) is 41.7 Å². The normalized spacial score (nSPS) is 19.8. The zero-order valence-corrected chi connectivity index (χ0v) is 15.8. The smallest absolute Gasteiger partial charge is 0.242 e. The first-order valence-corrected chi connectivity index (χ1v) is 9.84. The number of carbonyl (C=O) groups excluding carboxylic acids is 2. The molecule has 0 unspecified atom stereocenters. The molecule has 1 aromatic carbocycles. The molecule has 6 nitrogen and oxygen atoms in total. The van der Waals surface area contributed by atoms with Crippen LogP contribution in [0, 0.1) is 13.8 Å². The van der Waals surface area contributed by atoms with E-state index in [-0.39, 0.29) is 24.4 Å². The predicted molar refractivity (Wildman–Crippen MR) is 101 cm³/mol. The number of benzene rings is 1. The van der Waals surface area contributed by atoms with Gasteiger partial charge in [0.15, 0.2) is 0 Å². The summed E-state index contributed by atoms with van der Waals surface area (Å²) in [6, 6.07) is 10.1. The van der Waals surface area contributed by atoms with Crippen LogP contribution in [-0.4, -0.2) is 51.9 Å². The van der Waals surface area contributed by atoms with Crippen molar-refractivity contribution in [2.75, 3.05) is 30.3 Å². The van der Waals surface area contributed by atoms with Gasteiger partial charge >= 0.3 is 0 Å². The number of hydrogen-bond donors (Lipinski definition) is 0. The first kappa shape index (κ1) is 17.1. The Labute approximate surface area is 157 Å². The number of aromatic nitrogens is 2. The lowest BCUT2D eigenvalue weighted by Gasteiger charge is -2.30. The number of para-hydroxylation sites is 1. The number of amides is 2. The molecule has 1 fully saturated rings. The minimum absolute atomic E-state index is 0.00339. The van der Waals surface area contributed by atoms with Gasteiger partial charge in [0.1, 0.15) is 6.54 Å². The Hall–Kier alpha value is -2.28. The third-order valence-electron chi connectivity index (χ3n) is 5.01. The second-order valence-electron chi connectivity index (χ2n) is 6.89. The van der Waals surface area contributed by atoms with E-state index in [9.17, 15) is 9.59 Å². The number of carbonyl (C=O) groups is 2.